The van der Waals surface area contributed by atoms with E-state index in [4.69, 9.17) is 5.53 Å². The first-order valence-electron chi connectivity index (χ1n) is 4.37. The van der Waals surface area contributed by atoms with Crippen LogP contribution < -0.4 is 0 Å². The molecule has 0 unspecified atom stereocenters. The number of rotatable bonds is 2. The normalized spacial score (nSPS) is 10.1. The summed E-state index contributed by atoms with van der Waals surface area (Å²) in [4.78, 5) is 2.75. The average Bonchev–Trinajstić information content (AvgIpc) is 2.54. The maximum absolute atomic E-state index is 8.24. The van der Waals surface area contributed by atoms with E-state index in [2.05, 4.69) is 22.2 Å². The van der Waals surface area contributed by atoms with Gasteiger partial charge in [0.15, 0.2) is 0 Å². The molecule has 0 saturated heterocycles. The second kappa shape index (κ2) is 3.44. The average molecular weight is 186 g/mol. The number of benzene rings is 1. The highest BCUT2D eigenvalue weighted by Crippen LogP contribution is 2.18. The molecule has 2 rings (SSSR count). The van der Waals surface area contributed by atoms with E-state index in [0.29, 0.717) is 6.54 Å². The van der Waals surface area contributed by atoms with Gasteiger partial charge in [0.05, 0.1) is 6.54 Å². The van der Waals surface area contributed by atoms with Crippen molar-refractivity contribution in [3.8, 4) is 0 Å². The first-order chi connectivity index (χ1) is 6.83. The molecule has 0 aliphatic heterocycles. The number of hydrogen-bond acceptors (Lipinski definition) is 1. The summed E-state index contributed by atoms with van der Waals surface area (Å²) in [6, 6.07) is 10.1. The van der Waals surface area contributed by atoms with E-state index in [1.54, 1.807) is 0 Å². The molecule has 0 saturated carbocycles. The highest BCUT2D eigenvalue weighted by atomic mass is 15.1. The maximum Gasteiger partial charge on any atom is 0.0664 e. The Morgan fingerprint density at radius 1 is 1.43 bits per heavy atom. The van der Waals surface area contributed by atoms with Gasteiger partial charge in [-0.2, -0.15) is 0 Å². The van der Waals surface area contributed by atoms with Crippen LogP contribution in [-0.4, -0.2) is 4.57 Å². The Morgan fingerprint density at radius 3 is 2.93 bits per heavy atom. The topological polar surface area (TPSA) is 53.7 Å². The zero-order valence-electron chi connectivity index (χ0n) is 7.88. The van der Waals surface area contributed by atoms with Crippen LogP contribution in [0, 0.1) is 0 Å². The van der Waals surface area contributed by atoms with Crippen molar-refractivity contribution in [1.82, 2.24) is 4.57 Å². The first-order valence-corrected chi connectivity index (χ1v) is 4.37. The molecular weight excluding hydrogens is 176 g/mol. The van der Waals surface area contributed by atoms with Gasteiger partial charge in [-0.3, -0.25) is 0 Å². The third-order valence-corrected chi connectivity index (χ3v) is 2.35. The molecule has 14 heavy (non-hydrogen) atoms. The van der Waals surface area contributed by atoms with Gasteiger partial charge in [-0.25, -0.2) is 0 Å². The largest absolute Gasteiger partial charge is 0.348 e. The van der Waals surface area contributed by atoms with Gasteiger partial charge in [-0.1, -0.05) is 23.3 Å². The quantitative estimate of drug-likeness (QED) is 0.393. The first kappa shape index (κ1) is 8.66. The van der Waals surface area contributed by atoms with Gasteiger partial charge >= 0.3 is 0 Å². The van der Waals surface area contributed by atoms with Crippen molar-refractivity contribution in [2.45, 2.75) is 6.54 Å². The Balaban J connectivity index is 2.56. The van der Waals surface area contributed by atoms with Crippen LogP contribution in [0.1, 0.15) is 5.69 Å². The number of nitrogens with zero attached hydrogens (tertiary/aromatic N) is 4. The van der Waals surface area contributed by atoms with Crippen molar-refractivity contribution >= 4 is 10.9 Å². The third kappa shape index (κ3) is 1.32. The van der Waals surface area contributed by atoms with Crippen LogP contribution in [0.2, 0.25) is 0 Å². The Hall–Kier alpha value is -1.93. The second-order valence-corrected chi connectivity index (χ2v) is 3.14. The van der Waals surface area contributed by atoms with E-state index >= 15 is 0 Å². The van der Waals surface area contributed by atoms with Gasteiger partial charge in [0.2, 0.25) is 0 Å². The number of aryl methyl sites for hydroxylation is 1. The predicted octanol–water partition coefficient (Wildman–Crippen LogP) is 2.99. The number of fused-ring (bicyclic) bond motifs is 1. The minimum absolute atomic E-state index is 0.404. The third-order valence-electron chi connectivity index (χ3n) is 2.35. The van der Waals surface area contributed by atoms with Crippen LogP contribution in [-0.2, 0) is 13.6 Å². The van der Waals surface area contributed by atoms with E-state index in [1.165, 1.54) is 5.39 Å². The zero-order valence-corrected chi connectivity index (χ0v) is 7.88. The molecule has 1 aromatic carbocycles. The lowest BCUT2D eigenvalue weighted by Crippen LogP contribution is -1.93. The fourth-order valence-electron chi connectivity index (χ4n) is 1.60. The summed E-state index contributed by atoms with van der Waals surface area (Å²) in [5.41, 5.74) is 10.4. The van der Waals surface area contributed by atoms with Crippen molar-refractivity contribution in [2.75, 3.05) is 0 Å². The summed E-state index contributed by atoms with van der Waals surface area (Å²) in [5.74, 6) is 0. The monoisotopic (exact) mass is 186 g/mol. The molecule has 2 aromatic rings. The highest BCUT2D eigenvalue weighted by molar-refractivity contribution is 5.81. The van der Waals surface area contributed by atoms with Crippen LogP contribution in [0.5, 0.6) is 0 Å². The Bertz CT molecular complexity index is 506. The molecule has 70 valence electrons. The molecule has 0 N–H and O–H groups in total. The molecule has 4 heteroatoms. The lowest BCUT2D eigenvalue weighted by Gasteiger charge is -1.99. The van der Waals surface area contributed by atoms with Gasteiger partial charge in [-0.05, 0) is 23.1 Å². The Morgan fingerprint density at radius 2 is 2.21 bits per heavy atom. The van der Waals surface area contributed by atoms with Gasteiger partial charge in [0.1, 0.15) is 0 Å². The lowest BCUT2D eigenvalue weighted by molar-refractivity contribution is 0.845. The minimum Gasteiger partial charge on any atom is -0.348 e. The summed E-state index contributed by atoms with van der Waals surface area (Å²) >= 11 is 0. The summed E-state index contributed by atoms with van der Waals surface area (Å²) in [6.07, 6.45) is 0. The highest BCUT2D eigenvalue weighted by Gasteiger charge is 2.02. The van der Waals surface area contributed by atoms with E-state index < -0.39 is 0 Å². The molecule has 0 fully saturated rings. The van der Waals surface area contributed by atoms with E-state index in [1.807, 2.05) is 29.8 Å². The van der Waals surface area contributed by atoms with E-state index in [-0.39, 0.29) is 0 Å². The number of aromatic nitrogens is 1. The van der Waals surface area contributed by atoms with Crippen molar-refractivity contribution in [3.63, 3.8) is 0 Å². The zero-order chi connectivity index (χ0) is 9.97. The summed E-state index contributed by atoms with van der Waals surface area (Å²) < 4.78 is 2.05. The Labute approximate surface area is 81.4 Å². The summed E-state index contributed by atoms with van der Waals surface area (Å²) in [6.45, 7) is 0.404. The smallest absolute Gasteiger partial charge is 0.0664 e. The fraction of sp³-hybridized carbons (Fsp3) is 0.200. The molecule has 1 aromatic heterocycles. The Kier molecular flexibility index (Phi) is 2.13. The van der Waals surface area contributed by atoms with Crippen LogP contribution in [0.3, 0.4) is 0 Å². The predicted molar refractivity (Wildman–Crippen MR) is 55.8 cm³/mol. The standard InChI is InChI=1S/C10H10N4/c1-14-9(7-12-13-11)6-8-4-2-3-5-10(8)14/h2-6H,7H2,1H3. The summed E-state index contributed by atoms with van der Waals surface area (Å²) in [5, 5.41) is 4.74. The van der Waals surface area contributed by atoms with Crippen molar-refractivity contribution in [3.05, 3.63) is 46.5 Å². The van der Waals surface area contributed by atoms with E-state index in [0.717, 1.165) is 11.2 Å². The summed E-state index contributed by atoms with van der Waals surface area (Å²) in [7, 11) is 1.98. The number of para-hydroxylation sites is 1. The number of hydrogen-bond donors (Lipinski definition) is 0. The van der Waals surface area contributed by atoms with Gasteiger partial charge < -0.3 is 4.57 Å². The minimum atomic E-state index is 0.404. The SMILES string of the molecule is Cn1c(CN=[N+]=[N-])cc2ccccc21. The maximum atomic E-state index is 8.24. The van der Waals surface area contributed by atoms with Crippen LogP contribution >= 0.6 is 0 Å². The molecule has 0 amide bonds. The molecule has 0 bridgehead atoms. The fourth-order valence-corrected chi connectivity index (χ4v) is 1.60. The van der Waals surface area contributed by atoms with Crippen molar-refractivity contribution in [1.29, 1.82) is 0 Å². The van der Waals surface area contributed by atoms with Crippen molar-refractivity contribution < 1.29 is 0 Å². The molecular formula is C10H10N4. The van der Waals surface area contributed by atoms with E-state index in [9.17, 15) is 0 Å². The molecule has 4 nitrogen and oxygen atoms in total. The molecule has 1 heterocycles. The molecule has 0 atom stereocenters. The second-order valence-electron chi connectivity index (χ2n) is 3.14. The van der Waals surface area contributed by atoms with Gasteiger partial charge in [0.25, 0.3) is 0 Å². The molecule has 0 aliphatic rings. The van der Waals surface area contributed by atoms with Gasteiger partial charge in [-0.15, -0.1) is 0 Å². The van der Waals surface area contributed by atoms with Crippen LogP contribution in [0.15, 0.2) is 35.4 Å². The molecule has 0 radical (unpaired) electrons. The van der Waals surface area contributed by atoms with Gasteiger partial charge in [0, 0.05) is 23.2 Å². The lowest BCUT2D eigenvalue weighted by atomic mass is 10.2. The molecule has 0 aliphatic carbocycles. The van der Waals surface area contributed by atoms with Crippen molar-refractivity contribution in [2.24, 2.45) is 12.2 Å². The molecule has 0 spiro atoms. The van der Waals surface area contributed by atoms with Crippen LogP contribution in [0.4, 0.5) is 0 Å². The van der Waals surface area contributed by atoms with Crippen LogP contribution in [0.25, 0.3) is 21.3 Å². The number of azide groups is 1.